The van der Waals surface area contributed by atoms with Crippen molar-refractivity contribution in [2.45, 2.75) is 52.4 Å². The maximum absolute atomic E-state index is 11.1. The van der Waals surface area contributed by atoms with Crippen LogP contribution in [0.4, 0.5) is 0 Å². The van der Waals surface area contributed by atoms with Gasteiger partial charge in [0.1, 0.15) is 5.78 Å². The van der Waals surface area contributed by atoms with Gasteiger partial charge in [0.15, 0.2) is 0 Å². The lowest BCUT2D eigenvalue weighted by Crippen LogP contribution is -2.10. The molecule has 0 bridgehead atoms. The van der Waals surface area contributed by atoms with E-state index in [1.54, 1.807) is 6.92 Å². The molecular weight excluding hydrogens is 176 g/mol. The Kier molecular flexibility index (Phi) is 7.07. The summed E-state index contributed by atoms with van der Waals surface area (Å²) >= 11 is 0. The van der Waals surface area contributed by atoms with Crippen LogP contribution in [0.5, 0.6) is 0 Å². The molecule has 0 saturated carbocycles. The van der Waals surface area contributed by atoms with Gasteiger partial charge in [0, 0.05) is 12.3 Å². The van der Waals surface area contributed by atoms with Crippen LogP contribution in [0.15, 0.2) is 0 Å². The van der Waals surface area contributed by atoms with Crippen LogP contribution in [-0.2, 0) is 4.79 Å². The second-order valence-corrected chi connectivity index (χ2v) is 3.84. The van der Waals surface area contributed by atoms with E-state index < -0.39 is 0 Å². The summed E-state index contributed by atoms with van der Waals surface area (Å²) in [7, 11) is 0. The van der Waals surface area contributed by atoms with Crippen molar-refractivity contribution in [3.63, 3.8) is 0 Å². The molecule has 3 N–H and O–H groups in total. The van der Waals surface area contributed by atoms with Gasteiger partial charge in [-0.3, -0.25) is 10.2 Å². The zero-order chi connectivity index (χ0) is 11.0. The molecule has 0 spiro atoms. The van der Waals surface area contributed by atoms with E-state index in [9.17, 15) is 4.79 Å². The summed E-state index contributed by atoms with van der Waals surface area (Å²) in [6.07, 6.45) is 5.75. The molecule has 0 aliphatic rings. The third-order valence-corrected chi connectivity index (χ3v) is 2.57. The SMILES string of the molecule is CCC(CCCCCC(=N)N)C(C)=O. The van der Waals surface area contributed by atoms with Crippen molar-refractivity contribution in [2.75, 3.05) is 0 Å². The fourth-order valence-corrected chi connectivity index (χ4v) is 1.58. The molecule has 0 aromatic carbocycles. The summed E-state index contributed by atoms with van der Waals surface area (Å²) < 4.78 is 0. The van der Waals surface area contributed by atoms with Crippen LogP contribution < -0.4 is 5.73 Å². The number of nitrogens with two attached hydrogens (primary N) is 1. The molecule has 0 aromatic rings. The average Bonchev–Trinajstić information content (AvgIpc) is 2.10. The smallest absolute Gasteiger partial charge is 0.132 e. The van der Waals surface area contributed by atoms with Gasteiger partial charge in [-0.25, -0.2) is 0 Å². The van der Waals surface area contributed by atoms with Gasteiger partial charge in [-0.05, 0) is 26.2 Å². The number of nitrogens with one attached hydrogen (secondary N) is 1. The summed E-state index contributed by atoms with van der Waals surface area (Å²) in [5, 5.41) is 7.04. The first-order chi connectivity index (χ1) is 6.57. The van der Waals surface area contributed by atoms with E-state index in [-0.39, 0.29) is 11.8 Å². The van der Waals surface area contributed by atoms with E-state index in [1.165, 1.54) is 0 Å². The minimum atomic E-state index is 0.243. The molecule has 0 fully saturated rings. The molecule has 82 valence electrons. The predicted octanol–water partition coefficient (Wildman–Crippen LogP) is 2.49. The lowest BCUT2D eigenvalue weighted by molar-refractivity contribution is -0.121. The molecule has 0 aliphatic carbocycles. The topological polar surface area (TPSA) is 66.9 Å². The first-order valence-corrected chi connectivity index (χ1v) is 5.41. The monoisotopic (exact) mass is 198 g/mol. The highest BCUT2D eigenvalue weighted by Gasteiger charge is 2.10. The van der Waals surface area contributed by atoms with Crippen molar-refractivity contribution in [2.24, 2.45) is 11.7 Å². The molecule has 3 heteroatoms. The van der Waals surface area contributed by atoms with Gasteiger partial charge in [0.2, 0.25) is 0 Å². The van der Waals surface area contributed by atoms with Crippen LogP contribution in [0.1, 0.15) is 52.4 Å². The summed E-state index contributed by atoms with van der Waals surface area (Å²) in [4.78, 5) is 11.1. The van der Waals surface area contributed by atoms with Crippen LogP contribution in [0, 0.1) is 11.3 Å². The fraction of sp³-hybridized carbons (Fsp3) is 0.818. The van der Waals surface area contributed by atoms with Crippen molar-refractivity contribution in [1.29, 1.82) is 5.41 Å². The van der Waals surface area contributed by atoms with E-state index in [0.29, 0.717) is 12.2 Å². The number of hydrogen-bond acceptors (Lipinski definition) is 2. The molecule has 0 amide bonds. The number of carbonyl (C=O) groups is 1. The van der Waals surface area contributed by atoms with Crippen molar-refractivity contribution in [3.8, 4) is 0 Å². The van der Waals surface area contributed by atoms with E-state index in [4.69, 9.17) is 11.1 Å². The molecule has 0 aromatic heterocycles. The Balaban J connectivity index is 3.42. The zero-order valence-electron chi connectivity index (χ0n) is 9.31. The van der Waals surface area contributed by atoms with E-state index in [1.807, 2.05) is 0 Å². The van der Waals surface area contributed by atoms with E-state index in [2.05, 4.69) is 6.92 Å². The fourth-order valence-electron chi connectivity index (χ4n) is 1.58. The number of amidine groups is 1. The molecular formula is C11H22N2O. The molecule has 3 nitrogen and oxygen atoms in total. The maximum Gasteiger partial charge on any atom is 0.132 e. The van der Waals surface area contributed by atoms with Crippen LogP contribution >= 0.6 is 0 Å². The summed E-state index contributed by atoms with van der Waals surface area (Å²) in [5.74, 6) is 0.815. The number of carbonyl (C=O) groups excluding carboxylic acids is 1. The summed E-state index contributed by atoms with van der Waals surface area (Å²) in [6, 6.07) is 0. The van der Waals surface area contributed by atoms with Gasteiger partial charge in [0.25, 0.3) is 0 Å². The number of ketones is 1. The number of unbranched alkanes of at least 4 members (excludes halogenated alkanes) is 2. The molecule has 0 saturated heterocycles. The van der Waals surface area contributed by atoms with E-state index >= 15 is 0 Å². The zero-order valence-corrected chi connectivity index (χ0v) is 9.31. The van der Waals surface area contributed by atoms with Gasteiger partial charge in [-0.2, -0.15) is 0 Å². The van der Waals surface area contributed by atoms with Crippen molar-refractivity contribution in [3.05, 3.63) is 0 Å². The Morgan fingerprint density at radius 2 is 2.00 bits per heavy atom. The van der Waals surface area contributed by atoms with E-state index in [0.717, 1.165) is 32.1 Å². The van der Waals surface area contributed by atoms with Crippen molar-refractivity contribution >= 4 is 11.6 Å². The maximum atomic E-state index is 11.1. The van der Waals surface area contributed by atoms with Crippen molar-refractivity contribution < 1.29 is 4.79 Å². The Hall–Kier alpha value is -0.860. The van der Waals surface area contributed by atoms with Crippen LogP contribution in [-0.4, -0.2) is 11.6 Å². The van der Waals surface area contributed by atoms with Crippen LogP contribution in [0.3, 0.4) is 0 Å². The quantitative estimate of drug-likeness (QED) is 0.357. The van der Waals surface area contributed by atoms with Crippen LogP contribution in [0.2, 0.25) is 0 Å². The number of hydrogen-bond donors (Lipinski definition) is 2. The first-order valence-electron chi connectivity index (χ1n) is 5.41. The summed E-state index contributed by atoms with van der Waals surface area (Å²) in [5.41, 5.74) is 5.24. The Labute approximate surface area is 86.6 Å². The van der Waals surface area contributed by atoms with Gasteiger partial charge in [0.05, 0.1) is 5.84 Å². The number of Topliss-reactive ketones (excluding diaryl/α,β-unsaturated/α-hetero) is 1. The Bertz CT molecular complexity index is 190. The second-order valence-electron chi connectivity index (χ2n) is 3.84. The highest BCUT2D eigenvalue weighted by atomic mass is 16.1. The Morgan fingerprint density at radius 3 is 2.43 bits per heavy atom. The predicted molar refractivity (Wildman–Crippen MR) is 59.5 cm³/mol. The van der Waals surface area contributed by atoms with Crippen LogP contribution in [0.25, 0.3) is 0 Å². The largest absolute Gasteiger partial charge is 0.388 e. The van der Waals surface area contributed by atoms with Gasteiger partial charge in [-0.15, -0.1) is 0 Å². The number of rotatable bonds is 8. The standard InChI is InChI=1S/C11H22N2O/c1-3-10(9(2)14)7-5-4-6-8-11(12)13/h10H,3-8H2,1-2H3,(H3,12,13). The molecule has 0 radical (unpaired) electrons. The van der Waals surface area contributed by atoms with Crippen molar-refractivity contribution in [1.82, 2.24) is 0 Å². The molecule has 1 atom stereocenters. The highest BCUT2D eigenvalue weighted by molar-refractivity contribution is 5.78. The Morgan fingerprint density at radius 1 is 1.36 bits per heavy atom. The first kappa shape index (κ1) is 13.1. The average molecular weight is 198 g/mol. The lowest BCUT2D eigenvalue weighted by Gasteiger charge is -2.10. The molecule has 0 heterocycles. The molecule has 0 aliphatic heterocycles. The third-order valence-electron chi connectivity index (χ3n) is 2.57. The van der Waals surface area contributed by atoms with Gasteiger partial charge in [-0.1, -0.05) is 19.8 Å². The van der Waals surface area contributed by atoms with Gasteiger partial charge < -0.3 is 5.73 Å². The molecule has 0 rings (SSSR count). The minimum absolute atomic E-state index is 0.243. The summed E-state index contributed by atoms with van der Waals surface area (Å²) in [6.45, 7) is 3.73. The third kappa shape index (κ3) is 6.63. The van der Waals surface area contributed by atoms with Gasteiger partial charge >= 0.3 is 0 Å². The molecule has 1 unspecified atom stereocenters. The minimum Gasteiger partial charge on any atom is -0.388 e. The molecule has 14 heavy (non-hydrogen) atoms. The normalized spacial score (nSPS) is 12.4. The lowest BCUT2D eigenvalue weighted by atomic mass is 9.95. The highest BCUT2D eigenvalue weighted by Crippen LogP contribution is 2.14. The second kappa shape index (κ2) is 7.54.